The van der Waals surface area contributed by atoms with Gasteiger partial charge in [-0.15, -0.1) is 0 Å². The van der Waals surface area contributed by atoms with Crippen LogP contribution in [0.2, 0.25) is 0 Å². The van der Waals surface area contributed by atoms with Gasteiger partial charge in [0.1, 0.15) is 0 Å². The van der Waals surface area contributed by atoms with Crippen molar-refractivity contribution in [3.8, 4) is 0 Å². The predicted octanol–water partition coefficient (Wildman–Crippen LogP) is 1.90. The van der Waals surface area contributed by atoms with E-state index in [1.165, 1.54) is 25.0 Å². The van der Waals surface area contributed by atoms with E-state index in [-0.39, 0.29) is 0 Å². The molecule has 1 rings (SSSR count). The molecule has 0 aliphatic carbocycles. The van der Waals surface area contributed by atoms with Crippen molar-refractivity contribution in [1.29, 1.82) is 0 Å². The molecule has 1 heterocycles. The zero-order valence-electron chi connectivity index (χ0n) is 6.68. The second-order valence-corrected chi connectivity index (χ2v) is 4.15. The lowest BCUT2D eigenvalue weighted by Gasteiger charge is -2.20. The van der Waals surface area contributed by atoms with Crippen LogP contribution in [-0.2, 0) is 0 Å². The third-order valence-electron chi connectivity index (χ3n) is 1.78. The van der Waals surface area contributed by atoms with Crippen LogP contribution in [0.4, 0.5) is 0 Å². The van der Waals surface area contributed by atoms with E-state index < -0.39 is 0 Å². The number of rotatable bonds is 3. The summed E-state index contributed by atoms with van der Waals surface area (Å²) in [6, 6.07) is 0. The first-order chi connectivity index (χ1) is 4.93. The zero-order chi connectivity index (χ0) is 7.23. The first-order valence-electron chi connectivity index (χ1n) is 4.18. The minimum atomic E-state index is 0.928. The van der Waals surface area contributed by atoms with Crippen molar-refractivity contribution in [3.05, 3.63) is 0 Å². The largest absolute Gasteiger partial charge is 0.242 e. The molecule has 0 aromatic rings. The molecule has 1 aliphatic heterocycles. The highest BCUT2D eigenvalue weighted by molar-refractivity contribution is 7.99. The number of hydrogen-bond donors (Lipinski definition) is 0. The predicted molar refractivity (Wildman–Crippen MR) is 47.6 cm³/mol. The van der Waals surface area contributed by atoms with Crippen LogP contribution in [0, 0.1) is 0 Å². The van der Waals surface area contributed by atoms with Gasteiger partial charge in [-0.1, -0.05) is 6.92 Å². The summed E-state index contributed by atoms with van der Waals surface area (Å²) in [5.41, 5.74) is 0. The Kier molecular flexibility index (Phi) is 4.23. The lowest BCUT2D eigenvalue weighted by Crippen LogP contribution is -2.24. The number of piperidine rings is 1. The lowest BCUT2D eigenvalue weighted by molar-refractivity contribution is 0.522. The fraction of sp³-hybridized carbons (Fsp3) is 1.00. The maximum atomic E-state index is 4.32. The van der Waals surface area contributed by atoms with Crippen LogP contribution in [0.1, 0.15) is 26.2 Å². The molecule has 0 amide bonds. The zero-order valence-corrected chi connectivity index (χ0v) is 7.49. The SMILES string of the molecule is CCCSC1CC[N]CC1. The van der Waals surface area contributed by atoms with Gasteiger partial charge in [0.15, 0.2) is 0 Å². The van der Waals surface area contributed by atoms with E-state index in [9.17, 15) is 0 Å². The van der Waals surface area contributed by atoms with Gasteiger partial charge in [-0.2, -0.15) is 11.8 Å². The highest BCUT2D eigenvalue weighted by atomic mass is 32.2. The summed E-state index contributed by atoms with van der Waals surface area (Å²) < 4.78 is 0. The Morgan fingerprint density at radius 2 is 2.10 bits per heavy atom. The molecular formula is C8H16NS. The summed E-state index contributed by atoms with van der Waals surface area (Å²) in [6.07, 6.45) is 3.97. The fourth-order valence-electron chi connectivity index (χ4n) is 1.18. The smallest absolute Gasteiger partial charge is 0.0143 e. The molecule has 0 bridgehead atoms. The molecule has 0 N–H and O–H groups in total. The summed E-state index contributed by atoms with van der Waals surface area (Å²) in [5.74, 6) is 1.34. The Morgan fingerprint density at radius 3 is 2.70 bits per heavy atom. The van der Waals surface area contributed by atoms with Crippen molar-refractivity contribution >= 4 is 11.8 Å². The van der Waals surface area contributed by atoms with Crippen LogP contribution >= 0.6 is 11.8 Å². The van der Waals surface area contributed by atoms with Gasteiger partial charge in [-0.3, -0.25) is 0 Å². The molecule has 10 heavy (non-hydrogen) atoms. The van der Waals surface area contributed by atoms with Gasteiger partial charge >= 0.3 is 0 Å². The molecule has 0 atom stereocenters. The molecule has 0 aromatic carbocycles. The maximum Gasteiger partial charge on any atom is 0.0143 e. The average molecular weight is 158 g/mol. The molecular weight excluding hydrogens is 142 g/mol. The van der Waals surface area contributed by atoms with Crippen molar-refractivity contribution in [3.63, 3.8) is 0 Å². The summed E-state index contributed by atoms with van der Waals surface area (Å²) in [5, 5.41) is 5.25. The van der Waals surface area contributed by atoms with Crippen LogP contribution in [0.3, 0.4) is 0 Å². The van der Waals surface area contributed by atoms with E-state index in [4.69, 9.17) is 0 Å². The molecule has 0 aromatic heterocycles. The van der Waals surface area contributed by atoms with Gasteiger partial charge in [0.2, 0.25) is 0 Å². The minimum Gasteiger partial charge on any atom is -0.242 e. The summed E-state index contributed by atoms with van der Waals surface area (Å²) in [7, 11) is 0. The van der Waals surface area contributed by atoms with Crippen molar-refractivity contribution in [1.82, 2.24) is 5.32 Å². The van der Waals surface area contributed by atoms with Crippen LogP contribution in [0.15, 0.2) is 0 Å². The summed E-state index contributed by atoms with van der Waals surface area (Å²) in [6.45, 7) is 4.48. The van der Waals surface area contributed by atoms with E-state index in [1.807, 2.05) is 0 Å². The van der Waals surface area contributed by atoms with E-state index in [0.29, 0.717) is 0 Å². The molecule has 1 fully saturated rings. The van der Waals surface area contributed by atoms with Crippen LogP contribution in [0.25, 0.3) is 0 Å². The Hall–Kier alpha value is 0.310. The second-order valence-electron chi connectivity index (χ2n) is 2.74. The van der Waals surface area contributed by atoms with Crippen molar-refractivity contribution in [2.75, 3.05) is 18.8 Å². The quantitative estimate of drug-likeness (QED) is 0.612. The topological polar surface area (TPSA) is 14.1 Å². The third kappa shape index (κ3) is 2.93. The monoisotopic (exact) mass is 158 g/mol. The molecule has 59 valence electrons. The Morgan fingerprint density at radius 1 is 1.40 bits per heavy atom. The highest BCUT2D eigenvalue weighted by Crippen LogP contribution is 2.20. The molecule has 1 saturated heterocycles. The summed E-state index contributed by atoms with van der Waals surface area (Å²) in [4.78, 5) is 0. The summed E-state index contributed by atoms with van der Waals surface area (Å²) >= 11 is 2.14. The van der Waals surface area contributed by atoms with Crippen LogP contribution in [-0.4, -0.2) is 24.1 Å². The van der Waals surface area contributed by atoms with Crippen LogP contribution in [0.5, 0.6) is 0 Å². The molecule has 1 aliphatic rings. The normalized spacial score (nSPS) is 21.3. The van der Waals surface area contributed by atoms with E-state index in [1.54, 1.807) is 0 Å². The maximum absolute atomic E-state index is 4.32. The Labute approximate surface area is 68.0 Å². The number of nitrogens with zero attached hydrogens (tertiary/aromatic N) is 1. The first-order valence-corrected chi connectivity index (χ1v) is 5.23. The van der Waals surface area contributed by atoms with Gasteiger partial charge in [0.25, 0.3) is 0 Å². The molecule has 0 unspecified atom stereocenters. The minimum absolute atomic E-state index is 0.928. The van der Waals surface area contributed by atoms with E-state index in [0.717, 1.165) is 18.3 Å². The van der Waals surface area contributed by atoms with Crippen molar-refractivity contribution < 1.29 is 0 Å². The van der Waals surface area contributed by atoms with Crippen molar-refractivity contribution in [2.24, 2.45) is 0 Å². The molecule has 1 nitrogen and oxygen atoms in total. The van der Waals surface area contributed by atoms with Gasteiger partial charge < -0.3 is 0 Å². The molecule has 1 radical (unpaired) electrons. The van der Waals surface area contributed by atoms with Crippen molar-refractivity contribution in [2.45, 2.75) is 31.4 Å². The number of hydrogen-bond acceptors (Lipinski definition) is 1. The van der Waals surface area contributed by atoms with Gasteiger partial charge in [0.05, 0.1) is 0 Å². The van der Waals surface area contributed by atoms with E-state index in [2.05, 4.69) is 24.0 Å². The Balaban J connectivity index is 2.02. The Bertz CT molecular complexity index is 79.3. The van der Waals surface area contributed by atoms with Gasteiger partial charge in [0, 0.05) is 18.3 Å². The number of thioether (sulfide) groups is 1. The molecule has 0 saturated carbocycles. The average Bonchev–Trinajstić information content (AvgIpc) is 2.03. The third-order valence-corrected chi connectivity index (χ3v) is 3.36. The molecule has 0 spiro atoms. The van der Waals surface area contributed by atoms with Crippen LogP contribution < -0.4 is 5.32 Å². The highest BCUT2D eigenvalue weighted by Gasteiger charge is 2.12. The lowest BCUT2D eigenvalue weighted by atomic mass is 10.2. The molecule has 2 heteroatoms. The van der Waals surface area contributed by atoms with Gasteiger partial charge in [-0.25, -0.2) is 5.32 Å². The fourth-order valence-corrected chi connectivity index (χ4v) is 2.29. The van der Waals surface area contributed by atoms with Gasteiger partial charge in [-0.05, 0) is 25.0 Å². The second kappa shape index (κ2) is 5.03. The standard InChI is InChI=1S/C8H16NS/c1-2-7-10-8-3-5-9-6-4-8/h8H,2-7H2,1H3. The first kappa shape index (κ1) is 8.41. The van der Waals surface area contributed by atoms with E-state index >= 15 is 0 Å².